The molecule has 3 aromatic rings. The number of carbonyl (C=O) groups is 1. The summed E-state index contributed by atoms with van der Waals surface area (Å²) in [5.41, 5.74) is 12.0. The van der Waals surface area contributed by atoms with Gasteiger partial charge in [0.15, 0.2) is 0 Å². The van der Waals surface area contributed by atoms with Gasteiger partial charge in [-0.05, 0) is 59.7 Å². The summed E-state index contributed by atoms with van der Waals surface area (Å²) in [4.78, 5) is 20.1. The molecule has 1 atom stereocenters. The van der Waals surface area contributed by atoms with Crippen LogP contribution in [0.3, 0.4) is 0 Å². The quantitative estimate of drug-likeness (QED) is 0.641. The van der Waals surface area contributed by atoms with Crippen LogP contribution in [0.1, 0.15) is 39.0 Å². The van der Waals surface area contributed by atoms with Crippen molar-refractivity contribution < 1.29 is 4.79 Å². The summed E-state index contributed by atoms with van der Waals surface area (Å²) < 4.78 is 0. The summed E-state index contributed by atoms with van der Waals surface area (Å²) >= 11 is 0. The highest BCUT2D eigenvalue weighted by Crippen LogP contribution is 2.32. The minimum atomic E-state index is -0.565. The van der Waals surface area contributed by atoms with E-state index in [-0.39, 0.29) is 11.3 Å². The van der Waals surface area contributed by atoms with Crippen LogP contribution >= 0.6 is 0 Å². The molecule has 0 fully saturated rings. The number of aromatic nitrogens is 2. The van der Waals surface area contributed by atoms with Gasteiger partial charge in [0.25, 0.3) is 0 Å². The van der Waals surface area contributed by atoms with Gasteiger partial charge in [0.05, 0.1) is 6.04 Å². The number of fused-ring (bicyclic) bond motifs is 1. The number of nitrogens with zero attached hydrogens (tertiary/aromatic N) is 1. The first kappa shape index (κ1) is 19.1. The first-order valence-electron chi connectivity index (χ1n) is 9.34. The maximum atomic E-state index is 12.4. The van der Waals surface area contributed by atoms with Crippen LogP contribution in [0, 0.1) is 12.3 Å². The fourth-order valence-electron chi connectivity index (χ4n) is 3.23. The number of pyridine rings is 1. The van der Waals surface area contributed by atoms with Gasteiger partial charge in [0.2, 0.25) is 5.91 Å². The van der Waals surface area contributed by atoms with Gasteiger partial charge in [-0.3, -0.25) is 4.79 Å². The summed E-state index contributed by atoms with van der Waals surface area (Å²) in [7, 11) is 0. The topological polar surface area (TPSA) is 83.8 Å². The average Bonchev–Trinajstić information content (AvgIpc) is 3.00. The Labute approximate surface area is 160 Å². The maximum Gasteiger partial charge on any atom is 0.241 e. The smallest absolute Gasteiger partial charge is 0.241 e. The summed E-state index contributed by atoms with van der Waals surface area (Å²) in [5, 5.41) is 4.07. The van der Waals surface area contributed by atoms with Crippen molar-refractivity contribution in [3.63, 3.8) is 0 Å². The lowest BCUT2D eigenvalue weighted by molar-refractivity contribution is -0.119. The third kappa shape index (κ3) is 3.88. The molecular weight excluding hydrogens is 336 g/mol. The van der Waals surface area contributed by atoms with Crippen molar-refractivity contribution in [2.45, 2.75) is 47.1 Å². The average molecular weight is 364 g/mol. The molecule has 2 heterocycles. The molecule has 0 saturated heterocycles. The molecule has 0 aliphatic carbocycles. The lowest BCUT2D eigenvalue weighted by atomic mass is 9.87. The molecule has 5 nitrogen and oxygen atoms in total. The molecule has 3 rings (SSSR count). The van der Waals surface area contributed by atoms with Crippen LogP contribution in [0.25, 0.3) is 22.2 Å². The molecule has 1 amide bonds. The Morgan fingerprint density at radius 2 is 1.96 bits per heavy atom. The van der Waals surface area contributed by atoms with Gasteiger partial charge in [0, 0.05) is 23.0 Å². The zero-order chi connectivity index (χ0) is 19.8. The van der Waals surface area contributed by atoms with E-state index < -0.39 is 6.04 Å². The Morgan fingerprint density at radius 3 is 2.63 bits per heavy atom. The molecule has 2 aromatic heterocycles. The maximum absolute atomic E-state index is 12.4. The van der Waals surface area contributed by atoms with E-state index >= 15 is 0 Å². The van der Waals surface area contributed by atoms with Crippen molar-refractivity contribution in [1.29, 1.82) is 0 Å². The molecule has 27 heavy (non-hydrogen) atoms. The van der Waals surface area contributed by atoms with Gasteiger partial charge in [-0.25, -0.2) is 4.98 Å². The highest BCUT2D eigenvalue weighted by molar-refractivity contribution is 5.97. The highest BCUT2D eigenvalue weighted by atomic mass is 16.2. The molecule has 5 heteroatoms. The van der Waals surface area contributed by atoms with E-state index in [1.807, 2.05) is 52.1 Å². The number of hydrogen-bond donors (Lipinski definition) is 3. The van der Waals surface area contributed by atoms with E-state index in [2.05, 4.69) is 34.3 Å². The van der Waals surface area contributed by atoms with Gasteiger partial charge in [0.1, 0.15) is 5.65 Å². The van der Waals surface area contributed by atoms with Crippen molar-refractivity contribution in [3.05, 3.63) is 47.8 Å². The van der Waals surface area contributed by atoms with Crippen LogP contribution in [0.4, 0.5) is 5.69 Å². The van der Waals surface area contributed by atoms with Crippen molar-refractivity contribution >= 4 is 22.6 Å². The van der Waals surface area contributed by atoms with Gasteiger partial charge >= 0.3 is 0 Å². The number of rotatable bonds is 4. The molecule has 0 aliphatic rings. The Morgan fingerprint density at radius 1 is 1.22 bits per heavy atom. The normalized spacial score (nSPS) is 13.0. The lowest BCUT2D eigenvalue weighted by Crippen LogP contribution is -2.45. The molecule has 1 aromatic carbocycles. The zero-order valence-electron chi connectivity index (χ0n) is 16.7. The number of hydrogen-bond acceptors (Lipinski definition) is 3. The Hall–Kier alpha value is -2.66. The van der Waals surface area contributed by atoms with Gasteiger partial charge in [-0.15, -0.1) is 0 Å². The van der Waals surface area contributed by atoms with Crippen LogP contribution in [0.2, 0.25) is 0 Å². The number of benzene rings is 1. The van der Waals surface area contributed by atoms with E-state index in [0.29, 0.717) is 0 Å². The molecule has 0 aliphatic heterocycles. The van der Waals surface area contributed by atoms with E-state index in [1.165, 1.54) is 5.56 Å². The van der Waals surface area contributed by atoms with E-state index in [1.54, 1.807) is 0 Å². The van der Waals surface area contributed by atoms with Crippen LogP contribution in [0.5, 0.6) is 0 Å². The van der Waals surface area contributed by atoms with Crippen molar-refractivity contribution in [1.82, 2.24) is 9.97 Å². The summed E-state index contributed by atoms with van der Waals surface area (Å²) in [6.45, 7) is 10.0. The fourth-order valence-corrected chi connectivity index (χ4v) is 3.23. The Kier molecular flexibility index (Phi) is 5.07. The second-order valence-electron chi connectivity index (χ2n) is 8.13. The third-order valence-corrected chi connectivity index (χ3v) is 4.93. The largest absolute Gasteiger partial charge is 0.344 e. The molecule has 0 spiro atoms. The molecule has 0 unspecified atom stereocenters. The molecule has 4 N–H and O–H groups in total. The van der Waals surface area contributed by atoms with Crippen LogP contribution in [0.15, 0.2) is 36.5 Å². The monoisotopic (exact) mass is 364 g/mol. The molecule has 142 valence electrons. The number of carbonyl (C=O) groups excluding carboxylic acids is 1. The predicted octanol–water partition coefficient (Wildman–Crippen LogP) is 4.41. The van der Waals surface area contributed by atoms with Crippen LogP contribution < -0.4 is 11.1 Å². The fraction of sp³-hybridized carbons (Fsp3) is 0.364. The molecule has 0 bridgehead atoms. The second kappa shape index (κ2) is 7.16. The van der Waals surface area contributed by atoms with E-state index in [0.717, 1.165) is 40.0 Å². The number of amides is 1. The zero-order valence-corrected chi connectivity index (χ0v) is 16.7. The number of aromatic amines is 1. The molecule has 0 saturated carbocycles. The predicted molar refractivity (Wildman–Crippen MR) is 112 cm³/mol. The SMILES string of the molecule is CCc1cc(NC(=O)[C@H](N)C(C)(C)C)ccc1-c1ccnc2[nH]c(C)cc12. The molecular formula is C22H28N4O. The van der Waals surface area contributed by atoms with Crippen molar-refractivity contribution in [3.8, 4) is 11.1 Å². The standard InChI is InChI=1S/C22H28N4O/c1-6-14-12-15(26-21(27)19(23)22(3,4)5)7-8-16(14)17-9-10-24-20-18(17)11-13(2)25-20/h7-12,19H,6,23H2,1-5H3,(H,24,25)(H,26,27)/t19-/m0/s1. The summed E-state index contributed by atoms with van der Waals surface area (Å²) in [6, 6.07) is 9.63. The Bertz CT molecular complexity index is 982. The van der Waals surface area contributed by atoms with Gasteiger partial charge in [-0.2, -0.15) is 0 Å². The van der Waals surface area contributed by atoms with Crippen LogP contribution in [-0.4, -0.2) is 21.9 Å². The number of nitrogens with two attached hydrogens (primary N) is 1. The molecule has 0 radical (unpaired) electrons. The Balaban J connectivity index is 1.96. The third-order valence-electron chi connectivity index (χ3n) is 4.93. The van der Waals surface area contributed by atoms with Crippen molar-refractivity contribution in [2.75, 3.05) is 5.32 Å². The van der Waals surface area contributed by atoms with Crippen molar-refractivity contribution in [2.24, 2.45) is 11.1 Å². The number of aryl methyl sites for hydroxylation is 2. The second-order valence-corrected chi connectivity index (χ2v) is 8.13. The number of nitrogens with one attached hydrogen (secondary N) is 2. The van der Waals surface area contributed by atoms with E-state index in [4.69, 9.17) is 5.73 Å². The lowest BCUT2D eigenvalue weighted by Gasteiger charge is -2.26. The van der Waals surface area contributed by atoms with Gasteiger partial charge < -0.3 is 16.0 Å². The summed E-state index contributed by atoms with van der Waals surface area (Å²) in [5.74, 6) is -0.162. The first-order valence-corrected chi connectivity index (χ1v) is 9.34. The first-order chi connectivity index (χ1) is 12.7. The minimum absolute atomic E-state index is 0.162. The summed E-state index contributed by atoms with van der Waals surface area (Å²) in [6.07, 6.45) is 2.68. The number of anilines is 1. The van der Waals surface area contributed by atoms with E-state index in [9.17, 15) is 4.79 Å². The number of H-pyrrole nitrogens is 1. The minimum Gasteiger partial charge on any atom is -0.344 e. The van der Waals surface area contributed by atoms with Crippen LogP contribution in [-0.2, 0) is 11.2 Å². The van der Waals surface area contributed by atoms with Gasteiger partial charge in [-0.1, -0.05) is 33.8 Å². The highest BCUT2D eigenvalue weighted by Gasteiger charge is 2.27.